The van der Waals surface area contributed by atoms with E-state index in [9.17, 15) is 9.59 Å². The molecule has 0 saturated carbocycles. The number of carbonyl (C=O) groups is 2. The lowest BCUT2D eigenvalue weighted by Crippen LogP contribution is -2.31. The van der Waals surface area contributed by atoms with E-state index in [1.165, 1.54) is 0 Å². The zero-order valence-corrected chi connectivity index (χ0v) is 15.8. The Morgan fingerprint density at radius 3 is 2.65 bits per heavy atom. The number of hydrogen-bond donors (Lipinski definition) is 1. The van der Waals surface area contributed by atoms with Gasteiger partial charge in [-0.25, -0.2) is 0 Å². The Labute approximate surface area is 154 Å². The zero-order valence-electron chi connectivity index (χ0n) is 15.8. The molecule has 4 nitrogen and oxygen atoms in total. The molecule has 1 aliphatic carbocycles. The third-order valence-electron chi connectivity index (χ3n) is 5.08. The number of fused-ring (bicyclic) bond motifs is 1. The van der Waals surface area contributed by atoms with Crippen LogP contribution >= 0.6 is 0 Å². The van der Waals surface area contributed by atoms with Crippen LogP contribution in [0.3, 0.4) is 0 Å². The maximum atomic E-state index is 12.3. The molecule has 2 aromatic carbocycles. The summed E-state index contributed by atoms with van der Waals surface area (Å²) in [6.45, 7) is 7.94. The molecule has 2 unspecified atom stereocenters. The highest BCUT2D eigenvalue weighted by Gasteiger charge is 2.31. The Hall–Kier alpha value is -2.62. The first-order valence-electron chi connectivity index (χ1n) is 9.03. The summed E-state index contributed by atoms with van der Waals surface area (Å²) >= 11 is 0. The molecule has 0 spiro atoms. The van der Waals surface area contributed by atoms with Crippen LogP contribution in [0, 0.1) is 13.8 Å². The SMILES string of the molecule is Cc1ccccc1C(C)NC(=O)COc1ccc(C)c2c1C(=O)CC2C. The Balaban J connectivity index is 1.68. The van der Waals surface area contributed by atoms with E-state index in [1.807, 2.05) is 51.1 Å². The van der Waals surface area contributed by atoms with Gasteiger partial charge in [0, 0.05) is 6.42 Å². The summed E-state index contributed by atoms with van der Waals surface area (Å²) in [6, 6.07) is 11.6. The predicted molar refractivity (Wildman–Crippen MR) is 102 cm³/mol. The fraction of sp³-hybridized carbons (Fsp3) is 0.364. The van der Waals surface area contributed by atoms with Gasteiger partial charge in [-0.05, 0) is 55.0 Å². The van der Waals surface area contributed by atoms with Gasteiger partial charge in [-0.15, -0.1) is 0 Å². The topological polar surface area (TPSA) is 55.4 Å². The van der Waals surface area contributed by atoms with Crippen molar-refractivity contribution in [3.63, 3.8) is 0 Å². The van der Waals surface area contributed by atoms with E-state index >= 15 is 0 Å². The van der Waals surface area contributed by atoms with Crippen LogP contribution in [0.1, 0.15) is 64.8 Å². The number of aryl methyl sites for hydroxylation is 2. The van der Waals surface area contributed by atoms with Gasteiger partial charge in [0.2, 0.25) is 0 Å². The van der Waals surface area contributed by atoms with E-state index in [-0.39, 0.29) is 30.3 Å². The predicted octanol–water partition coefficient (Wildman–Crippen LogP) is 4.25. The molecular formula is C22H25NO3. The molecule has 0 saturated heterocycles. The maximum Gasteiger partial charge on any atom is 0.258 e. The van der Waals surface area contributed by atoms with E-state index in [2.05, 4.69) is 12.2 Å². The highest BCUT2D eigenvalue weighted by Crippen LogP contribution is 2.40. The first-order valence-corrected chi connectivity index (χ1v) is 9.03. The van der Waals surface area contributed by atoms with Crippen LogP contribution in [0.15, 0.2) is 36.4 Å². The van der Waals surface area contributed by atoms with E-state index in [4.69, 9.17) is 4.74 Å². The van der Waals surface area contributed by atoms with Crippen molar-refractivity contribution in [3.05, 3.63) is 64.2 Å². The van der Waals surface area contributed by atoms with Gasteiger partial charge >= 0.3 is 0 Å². The highest BCUT2D eigenvalue weighted by atomic mass is 16.5. The summed E-state index contributed by atoms with van der Waals surface area (Å²) < 4.78 is 5.72. The van der Waals surface area contributed by atoms with Gasteiger partial charge in [-0.2, -0.15) is 0 Å². The molecule has 4 heteroatoms. The number of rotatable bonds is 5. The van der Waals surface area contributed by atoms with Gasteiger partial charge in [-0.1, -0.05) is 37.3 Å². The average Bonchev–Trinajstić information content (AvgIpc) is 2.90. The number of hydrogen-bond acceptors (Lipinski definition) is 3. The molecular weight excluding hydrogens is 326 g/mol. The lowest BCUT2D eigenvalue weighted by molar-refractivity contribution is -0.123. The van der Waals surface area contributed by atoms with Gasteiger partial charge in [0.05, 0.1) is 11.6 Å². The molecule has 1 aliphatic rings. The first-order chi connectivity index (χ1) is 12.4. The molecule has 0 aliphatic heterocycles. The van der Waals surface area contributed by atoms with Crippen LogP contribution in [0.2, 0.25) is 0 Å². The molecule has 1 amide bonds. The molecule has 0 heterocycles. The Kier molecular flexibility index (Phi) is 5.12. The lowest BCUT2D eigenvalue weighted by atomic mass is 9.97. The van der Waals surface area contributed by atoms with Crippen LogP contribution in [-0.2, 0) is 4.79 Å². The Bertz CT molecular complexity index is 856. The van der Waals surface area contributed by atoms with E-state index in [1.54, 1.807) is 6.07 Å². The smallest absolute Gasteiger partial charge is 0.258 e. The van der Waals surface area contributed by atoms with Crippen LogP contribution in [0.25, 0.3) is 0 Å². The number of amides is 1. The number of ketones is 1. The van der Waals surface area contributed by atoms with Crippen molar-refractivity contribution in [2.45, 2.75) is 46.1 Å². The minimum absolute atomic E-state index is 0.0971. The van der Waals surface area contributed by atoms with Gasteiger partial charge in [0.25, 0.3) is 5.91 Å². The standard InChI is InChI=1S/C22H25NO3/c1-13-7-5-6-8-17(13)16(4)23-20(25)12-26-19-10-9-14(2)21-15(3)11-18(24)22(19)21/h5-10,15-16H,11-12H2,1-4H3,(H,23,25). The summed E-state index contributed by atoms with van der Waals surface area (Å²) in [5.41, 5.74) is 5.03. The second-order valence-electron chi connectivity index (χ2n) is 7.13. The van der Waals surface area contributed by atoms with Crippen molar-refractivity contribution in [2.24, 2.45) is 0 Å². The van der Waals surface area contributed by atoms with Gasteiger partial charge in [0.1, 0.15) is 5.75 Å². The molecule has 3 rings (SSSR count). The van der Waals surface area contributed by atoms with Crippen LogP contribution in [0.5, 0.6) is 5.75 Å². The van der Waals surface area contributed by atoms with Crippen LogP contribution < -0.4 is 10.1 Å². The Morgan fingerprint density at radius 2 is 1.92 bits per heavy atom. The van der Waals surface area contributed by atoms with Gasteiger partial charge < -0.3 is 10.1 Å². The highest BCUT2D eigenvalue weighted by molar-refractivity contribution is 6.04. The number of Topliss-reactive ketones (excluding diaryl/α,β-unsaturated/α-hetero) is 1. The minimum Gasteiger partial charge on any atom is -0.483 e. The van der Waals surface area contributed by atoms with Crippen molar-refractivity contribution >= 4 is 11.7 Å². The van der Waals surface area contributed by atoms with E-state index in [0.29, 0.717) is 17.7 Å². The molecule has 26 heavy (non-hydrogen) atoms. The molecule has 2 atom stereocenters. The quantitative estimate of drug-likeness (QED) is 0.876. The number of carbonyl (C=O) groups excluding carboxylic acids is 2. The molecule has 2 aromatic rings. The zero-order chi connectivity index (χ0) is 18.8. The van der Waals surface area contributed by atoms with Gasteiger partial charge in [-0.3, -0.25) is 9.59 Å². The van der Waals surface area contributed by atoms with Crippen LogP contribution in [-0.4, -0.2) is 18.3 Å². The maximum absolute atomic E-state index is 12.3. The molecule has 0 bridgehead atoms. The normalized spacial score (nSPS) is 16.9. The van der Waals surface area contributed by atoms with Crippen molar-refractivity contribution in [1.29, 1.82) is 0 Å². The summed E-state index contributed by atoms with van der Waals surface area (Å²) in [4.78, 5) is 24.6. The summed E-state index contributed by atoms with van der Waals surface area (Å²) in [7, 11) is 0. The van der Waals surface area contributed by atoms with Crippen molar-refractivity contribution in [2.75, 3.05) is 6.61 Å². The number of nitrogens with one attached hydrogen (secondary N) is 1. The van der Waals surface area contributed by atoms with Crippen molar-refractivity contribution in [1.82, 2.24) is 5.32 Å². The molecule has 0 fully saturated rings. The summed E-state index contributed by atoms with van der Waals surface area (Å²) in [6.07, 6.45) is 0.507. The van der Waals surface area contributed by atoms with E-state index in [0.717, 1.165) is 22.3 Å². The fourth-order valence-electron chi connectivity index (χ4n) is 3.81. The summed E-state index contributed by atoms with van der Waals surface area (Å²) in [5.74, 6) is 0.614. The van der Waals surface area contributed by atoms with E-state index < -0.39 is 0 Å². The average molecular weight is 351 g/mol. The third kappa shape index (κ3) is 3.50. The largest absolute Gasteiger partial charge is 0.483 e. The number of benzene rings is 2. The monoisotopic (exact) mass is 351 g/mol. The Morgan fingerprint density at radius 1 is 1.19 bits per heavy atom. The minimum atomic E-state index is -0.200. The van der Waals surface area contributed by atoms with Crippen LogP contribution in [0.4, 0.5) is 0 Å². The number of ether oxygens (including phenoxy) is 1. The van der Waals surface area contributed by atoms with Crippen molar-refractivity contribution in [3.8, 4) is 5.75 Å². The second kappa shape index (κ2) is 7.32. The molecule has 0 radical (unpaired) electrons. The first kappa shape index (κ1) is 18.2. The molecule has 1 N–H and O–H groups in total. The van der Waals surface area contributed by atoms with Gasteiger partial charge in [0.15, 0.2) is 12.4 Å². The molecule has 0 aromatic heterocycles. The van der Waals surface area contributed by atoms with Crippen molar-refractivity contribution < 1.29 is 14.3 Å². The second-order valence-corrected chi connectivity index (χ2v) is 7.13. The molecule has 136 valence electrons. The fourth-order valence-corrected chi connectivity index (χ4v) is 3.81. The summed E-state index contributed by atoms with van der Waals surface area (Å²) in [5, 5.41) is 2.96. The lowest BCUT2D eigenvalue weighted by Gasteiger charge is -2.17. The third-order valence-corrected chi connectivity index (χ3v) is 5.08.